The van der Waals surface area contributed by atoms with Crippen molar-refractivity contribution in [3.8, 4) is 11.5 Å². The number of guanidine groups is 1. The van der Waals surface area contributed by atoms with Gasteiger partial charge in [-0.15, -0.1) is 6.58 Å². The summed E-state index contributed by atoms with van der Waals surface area (Å²) < 4.78 is 23.2. The fraction of sp³-hybridized carbons (Fsp3) is 0.591. The molecule has 3 atom stereocenters. The Labute approximate surface area is 177 Å². The van der Waals surface area contributed by atoms with Crippen molar-refractivity contribution >= 4 is 16.8 Å². The smallest absolute Gasteiger partial charge is 0.191 e. The van der Waals surface area contributed by atoms with Crippen molar-refractivity contribution < 1.29 is 13.7 Å². The third-order valence-corrected chi connectivity index (χ3v) is 7.03. The highest BCUT2D eigenvalue weighted by molar-refractivity contribution is 7.85. The van der Waals surface area contributed by atoms with Crippen molar-refractivity contribution in [2.24, 2.45) is 4.99 Å². The molecule has 1 aliphatic rings. The van der Waals surface area contributed by atoms with Gasteiger partial charge in [0.25, 0.3) is 0 Å². The molecule has 0 heterocycles. The fourth-order valence-electron chi connectivity index (χ4n) is 3.84. The SMILES string of the molecule is C=CCc1cc(CNC(=NC)NC2CCCC(S(=O)CC)C2)cc(OC)c1OC. The van der Waals surface area contributed by atoms with Crippen LogP contribution in [0.25, 0.3) is 0 Å². The van der Waals surface area contributed by atoms with Gasteiger partial charge in [-0.25, -0.2) is 0 Å². The first-order valence-electron chi connectivity index (χ1n) is 10.2. The molecule has 7 heteroatoms. The number of allylic oxidation sites excluding steroid dienone is 1. The highest BCUT2D eigenvalue weighted by Gasteiger charge is 2.26. The molecule has 0 spiro atoms. The van der Waals surface area contributed by atoms with E-state index in [1.807, 2.05) is 19.1 Å². The van der Waals surface area contributed by atoms with Crippen LogP contribution >= 0.6 is 0 Å². The summed E-state index contributed by atoms with van der Waals surface area (Å²) in [7, 11) is 4.34. The lowest BCUT2D eigenvalue weighted by Gasteiger charge is -2.30. The number of ether oxygens (including phenoxy) is 2. The Morgan fingerprint density at radius 3 is 2.76 bits per heavy atom. The quantitative estimate of drug-likeness (QED) is 0.364. The molecule has 6 nitrogen and oxygen atoms in total. The van der Waals surface area contributed by atoms with Crippen LogP contribution in [0, 0.1) is 0 Å². The molecular formula is C22H35N3O3S. The van der Waals surface area contributed by atoms with Crippen LogP contribution < -0.4 is 20.1 Å². The van der Waals surface area contributed by atoms with Crippen LogP contribution in [0.15, 0.2) is 29.8 Å². The van der Waals surface area contributed by atoms with Crippen molar-refractivity contribution in [1.82, 2.24) is 10.6 Å². The van der Waals surface area contributed by atoms with Crippen LogP contribution in [0.2, 0.25) is 0 Å². The van der Waals surface area contributed by atoms with Crippen LogP contribution in [-0.2, 0) is 23.8 Å². The van der Waals surface area contributed by atoms with Gasteiger partial charge < -0.3 is 20.1 Å². The molecule has 162 valence electrons. The van der Waals surface area contributed by atoms with Crippen molar-refractivity contribution in [3.05, 3.63) is 35.9 Å². The lowest BCUT2D eigenvalue weighted by Crippen LogP contribution is -2.46. The van der Waals surface area contributed by atoms with E-state index in [4.69, 9.17) is 9.47 Å². The zero-order valence-electron chi connectivity index (χ0n) is 18.1. The second kappa shape index (κ2) is 11.9. The van der Waals surface area contributed by atoms with E-state index in [9.17, 15) is 4.21 Å². The highest BCUT2D eigenvalue weighted by atomic mass is 32.2. The summed E-state index contributed by atoms with van der Waals surface area (Å²) in [5.41, 5.74) is 2.12. The lowest BCUT2D eigenvalue weighted by atomic mass is 9.95. The summed E-state index contributed by atoms with van der Waals surface area (Å²) in [5.74, 6) is 2.95. The van der Waals surface area contributed by atoms with Gasteiger partial charge >= 0.3 is 0 Å². The molecule has 1 aromatic carbocycles. The van der Waals surface area contributed by atoms with Gasteiger partial charge in [-0.3, -0.25) is 9.20 Å². The molecule has 0 aliphatic heterocycles. The summed E-state index contributed by atoms with van der Waals surface area (Å²) in [6, 6.07) is 4.38. The number of hydrogen-bond acceptors (Lipinski definition) is 4. The number of nitrogens with one attached hydrogen (secondary N) is 2. The first-order chi connectivity index (χ1) is 14.1. The molecule has 1 aliphatic carbocycles. The Morgan fingerprint density at radius 1 is 1.34 bits per heavy atom. The Bertz CT molecular complexity index is 736. The number of nitrogens with zero attached hydrogens (tertiary/aromatic N) is 1. The normalized spacial score (nSPS) is 20.6. The number of methoxy groups -OCH3 is 2. The summed E-state index contributed by atoms with van der Waals surface area (Å²) >= 11 is 0. The highest BCUT2D eigenvalue weighted by Crippen LogP contribution is 2.33. The zero-order valence-corrected chi connectivity index (χ0v) is 18.9. The van der Waals surface area contributed by atoms with Crippen molar-refractivity contribution in [2.75, 3.05) is 27.0 Å². The number of aliphatic imine (C=N–C) groups is 1. The van der Waals surface area contributed by atoms with E-state index in [-0.39, 0.29) is 5.25 Å². The minimum absolute atomic E-state index is 0.289. The third-order valence-electron chi connectivity index (χ3n) is 5.29. The molecule has 29 heavy (non-hydrogen) atoms. The predicted octanol–water partition coefficient (Wildman–Crippen LogP) is 3.18. The summed E-state index contributed by atoms with van der Waals surface area (Å²) in [6.07, 6.45) is 6.74. The molecule has 1 aromatic rings. The van der Waals surface area contributed by atoms with Gasteiger partial charge in [0, 0.05) is 47.0 Å². The first-order valence-corrected chi connectivity index (χ1v) is 11.6. The molecule has 1 fully saturated rings. The van der Waals surface area contributed by atoms with Crippen molar-refractivity contribution in [2.45, 2.75) is 56.9 Å². The maximum atomic E-state index is 12.2. The van der Waals surface area contributed by atoms with Crippen LogP contribution in [0.3, 0.4) is 0 Å². The van der Waals surface area contributed by atoms with E-state index in [1.165, 1.54) is 0 Å². The first kappa shape index (κ1) is 23.3. The van der Waals surface area contributed by atoms with Crippen LogP contribution in [0.5, 0.6) is 11.5 Å². The van der Waals surface area contributed by atoms with E-state index >= 15 is 0 Å². The summed E-state index contributed by atoms with van der Waals surface area (Å²) in [6.45, 7) is 6.44. The maximum Gasteiger partial charge on any atom is 0.191 e. The molecule has 0 saturated heterocycles. The average molecular weight is 422 g/mol. The molecular weight excluding hydrogens is 386 g/mol. The molecule has 2 rings (SSSR count). The lowest BCUT2D eigenvalue weighted by molar-refractivity contribution is 0.352. The van der Waals surface area contributed by atoms with Crippen molar-refractivity contribution in [3.63, 3.8) is 0 Å². The number of hydrogen-bond donors (Lipinski definition) is 2. The second-order valence-corrected chi connectivity index (χ2v) is 9.21. The molecule has 0 radical (unpaired) electrons. The van der Waals surface area contributed by atoms with Crippen molar-refractivity contribution in [1.29, 1.82) is 0 Å². The van der Waals surface area contributed by atoms with Crippen LogP contribution in [0.1, 0.15) is 43.7 Å². The zero-order chi connectivity index (χ0) is 21.2. The second-order valence-electron chi connectivity index (χ2n) is 7.21. The topological polar surface area (TPSA) is 72.0 Å². The largest absolute Gasteiger partial charge is 0.493 e. The standard InChI is InChI=1S/C22H35N3O3S/c1-6-9-17-12-16(13-20(27-4)21(17)28-5)15-24-22(23-3)25-18-10-8-11-19(14-18)29(26)7-2/h6,12-13,18-19H,1,7-11,14-15H2,2-5H3,(H2,23,24,25). The Kier molecular flexibility index (Phi) is 9.51. The molecule has 3 unspecified atom stereocenters. The predicted molar refractivity (Wildman–Crippen MR) is 122 cm³/mol. The van der Waals surface area contributed by atoms with Gasteiger partial charge in [-0.2, -0.15) is 0 Å². The molecule has 0 aromatic heterocycles. The van der Waals surface area contributed by atoms with E-state index in [0.717, 1.165) is 54.3 Å². The van der Waals surface area contributed by atoms with Gasteiger partial charge in [0.05, 0.1) is 14.2 Å². The van der Waals surface area contributed by atoms with Gasteiger partial charge in [-0.1, -0.05) is 19.4 Å². The van der Waals surface area contributed by atoms with Gasteiger partial charge in [0.15, 0.2) is 17.5 Å². The van der Waals surface area contributed by atoms with Gasteiger partial charge in [-0.05, 0) is 43.4 Å². The van der Waals surface area contributed by atoms with Crippen LogP contribution in [0.4, 0.5) is 0 Å². The average Bonchev–Trinajstić information content (AvgIpc) is 2.75. The fourth-order valence-corrected chi connectivity index (χ4v) is 5.19. The van der Waals surface area contributed by atoms with E-state index < -0.39 is 10.8 Å². The number of benzene rings is 1. The minimum atomic E-state index is -0.730. The molecule has 0 bridgehead atoms. The minimum Gasteiger partial charge on any atom is -0.493 e. The van der Waals surface area contributed by atoms with Crippen LogP contribution in [-0.4, -0.2) is 48.5 Å². The molecule has 1 saturated carbocycles. The monoisotopic (exact) mass is 421 g/mol. The molecule has 2 N–H and O–H groups in total. The van der Waals surface area contributed by atoms with Gasteiger partial charge in [0.1, 0.15) is 0 Å². The Balaban J connectivity index is 2.02. The summed E-state index contributed by atoms with van der Waals surface area (Å²) in [5, 5.41) is 7.19. The number of rotatable bonds is 9. The van der Waals surface area contributed by atoms with E-state index in [0.29, 0.717) is 24.8 Å². The summed E-state index contributed by atoms with van der Waals surface area (Å²) in [4.78, 5) is 4.37. The third kappa shape index (κ3) is 6.49. The Hall–Kier alpha value is -2.02. The molecule has 0 amide bonds. The van der Waals surface area contributed by atoms with Gasteiger partial charge in [0.2, 0.25) is 0 Å². The van der Waals surface area contributed by atoms with E-state index in [1.54, 1.807) is 21.3 Å². The maximum absolute atomic E-state index is 12.2. The van der Waals surface area contributed by atoms with E-state index in [2.05, 4.69) is 28.3 Å². The Morgan fingerprint density at radius 2 is 2.14 bits per heavy atom.